The van der Waals surface area contributed by atoms with Crippen molar-refractivity contribution in [1.29, 1.82) is 0 Å². The molecular formula is C15H15F5N4O2. The molecule has 11 heteroatoms. The highest BCUT2D eigenvalue weighted by Crippen LogP contribution is 2.27. The van der Waals surface area contributed by atoms with Gasteiger partial charge in [-0.05, 0) is 24.0 Å². The van der Waals surface area contributed by atoms with Crippen LogP contribution in [0.1, 0.15) is 22.6 Å². The van der Waals surface area contributed by atoms with Crippen molar-refractivity contribution >= 4 is 5.91 Å². The standard InChI is InChI=1S/C15H15F5N4O2/c1-24-14(26)22-12(23-24)13(25)21-7-8(6-15(18,19)20)4-9-2-3-10(16)5-11(9)17/h2-3,5,8H,4,6-7H2,1H3,(H,21,25)(H,22,23,26)/t8-/m1/s1. The van der Waals surface area contributed by atoms with E-state index in [0.29, 0.717) is 6.07 Å². The molecule has 142 valence electrons. The van der Waals surface area contributed by atoms with E-state index in [1.807, 2.05) is 0 Å². The van der Waals surface area contributed by atoms with Crippen LogP contribution in [-0.2, 0) is 13.5 Å². The van der Waals surface area contributed by atoms with E-state index in [2.05, 4.69) is 15.4 Å². The van der Waals surface area contributed by atoms with Gasteiger partial charge in [0.05, 0.1) is 0 Å². The number of hydrogen-bond acceptors (Lipinski definition) is 3. The maximum absolute atomic E-state index is 13.7. The number of hydrogen-bond donors (Lipinski definition) is 2. The van der Waals surface area contributed by atoms with E-state index >= 15 is 0 Å². The summed E-state index contributed by atoms with van der Waals surface area (Å²) < 4.78 is 65.7. The van der Waals surface area contributed by atoms with Crippen molar-refractivity contribution in [2.75, 3.05) is 6.54 Å². The number of halogens is 5. The van der Waals surface area contributed by atoms with Crippen LogP contribution in [0.4, 0.5) is 22.0 Å². The van der Waals surface area contributed by atoms with Crippen LogP contribution in [-0.4, -0.2) is 33.4 Å². The smallest absolute Gasteiger partial charge is 0.349 e. The van der Waals surface area contributed by atoms with Crippen LogP contribution in [0.25, 0.3) is 0 Å². The van der Waals surface area contributed by atoms with Gasteiger partial charge in [0.1, 0.15) is 11.6 Å². The van der Waals surface area contributed by atoms with Crippen molar-refractivity contribution < 1.29 is 26.7 Å². The van der Waals surface area contributed by atoms with Crippen molar-refractivity contribution in [2.45, 2.75) is 19.0 Å². The molecule has 0 radical (unpaired) electrons. The summed E-state index contributed by atoms with van der Waals surface area (Å²) >= 11 is 0. The first-order chi connectivity index (χ1) is 12.0. The molecule has 0 saturated heterocycles. The van der Waals surface area contributed by atoms with Gasteiger partial charge in [-0.3, -0.25) is 9.78 Å². The Morgan fingerprint density at radius 3 is 2.58 bits per heavy atom. The van der Waals surface area contributed by atoms with Gasteiger partial charge in [0.2, 0.25) is 5.82 Å². The summed E-state index contributed by atoms with van der Waals surface area (Å²) in [5.41, 5.74) is -0.753. The number of nitrogens with zero attached hydrogens (tertiary/aromatic N) is 2. The SMILES string of the molecule is Cn1nc(C(=O)NC[C@H](Cc2ccc(F)cc2F)CC(F)(F)F)[nH]c1=O. The number of benzene rings is 1. The largest absolute Gasteiger partial charge is 0.389 e. The zero-order valence-corrected chi connectivity index (χ0v) is 13.5. The topological polar surface area (TPSA) is 79.8 Å². The number of alkyl halides is 3. The van der Waals surface area contributed by atoms with Crippen molar-refractivity contribution in [1.82, 2.24) is 20.1 Å². The Morgan fingerprint density at radius 2 is 2.04 bits per heavy atom. The lowest BCUT2D eigenvalue weighted by molar-refractivity contribution is -0.144. The van der Waals surface area contributed by atoms with Crippen LogP contribution >= 0.6 is 0 Å². The Bertz CT molecular complexity index is 843. The number of aromatic amines is 1. The van der Waals surface area contributed by atoms with E-state index in [-0.39, 0.29) is 17.8 Å². The summed E-state index contributed by atoms with van der Waals surface area (Å²) in [6.45, 7) is -0.437. The highest BCUT2D eigenvalue weighted by Gasteiger charge is 2.32. The summed E-state index contributed by atoms with van der Waals surface area (Å²) in [4.78, 5) is 25.2. The number of aryl methyl sites for hydroxylation is 1. The zero-order valence-electron chi connectivity index (χ0n) is 13.5. The summed E-state index contributed by atoms with van der Waals surface area (Å²) in [6, 6.07) is 2.59. The lowest BCUT2D eigenvalue weighted by atomic mass is 9.95. The highest BCUT2D eigenvalue weighted by atomic mass is 19.4. The molecule has 1 amide bonds. The van der Waals surface area contributed by atoms with Crippen molar-refractivity contribution in [2.24, 2.45) is 13.0 Å². The molecule has 1 aromatic carbocycles. The number of rotatable bonds is 6. The number of carbonyl (C=O) groups excluding carboxylic acids is 1. The number of aromatic nitrogens is 3. The summed E-state index contributed by atoms with van der Waals surface area (Å²) in [6.07, 6.45) is -6.17. The first-order valence-electron chi connectivity index (χ1n) is 7.47. The van der Waals surface area contributed by atoms with Crippen LogP contribution in [0.15, 0.2) is 23.0 Å². The average molecular weight is 378 g/mol. The van der Waals surface area contributed by atoms with Gasteiger partial charge in [0.15, 0.2) is 0 Å². The van der Waals surface area contributed by atoms with E-state index < -0.39 is 48.3 Å². The monoisotopic (exact) mass is 378 g/mol. The molecular weight excluding hydrogens is 363 g/mol. The Balaban J connectivity index is 2.09. The molecule has 0 bridgehead atoms. The Kier molecular flexibility index (Phi) is 5.78. The fourth-order valence-electron chi connectivity index (χ4n) is 2.37. The lowest BCUT2D eigenvalue weighted by Crippen LogP contribution is -2.33. The molecule has 0 spiro atoms. The van der Waals surface area contributed by atoms with Gasteiger partial charge < -0.3 is 5.32 Å². The van der Waals surface area contributed by atoms with E-state index in [1.165, 1.54) is 7.05 Å². The van der Waals surface area contributed by atoms with Crippen molar-refractivity contribution in [3.05, 3.63) is 51.7 Å². The molecule has 26 heavy (non-hydrogen) atoms. The van der Waals surface area contributed by atoms with Gasteiger partial charge in [-0.1, -0.05) is 6.07 Å². The normalized spacial score (nSPS) is 12.8. The van der Waals surface area contributed by atoms with Gasteiger partial charge in [-0.25, -0.2) is 18.3 Å². The third kappa shape index (κ3) is 5.39. The first kappa shape index (κ1) is 19.6. The fourth-order valence-corrected chi connectivity index (χ4v) is 2.37. The number of nitrogens with one attached hydrogen (secondary N) is 2. The summed E-state index contributed by atoms with van der Waals surface area (Å²) in [5, 5.41) is 5.82. The van der Waals surface area contributed by atoms with Crippen molar-refractivity contribution in [3.63, 3.8) is 0 Å². The molecule has 0 aliphatic heterocycles. The number of H-pyrrole nitrogens is 1. The molecule has 1 atom stereocenters. The third-order valence-electron chi connectivity index (χ3n) is 3.58. The third-order valence-corrected chi connectivity index (χ3v) is 3.58. The molecule has 2 aromatic rings. The van der Waals surface area contributed by atoms with E-state index in [0.717, 1.165) is 16.8 Å². The fraction of sp³-hybridized carbons (Fsp3) is 0.400. The zero-order chi connectivity index (χ0) is 19.5. The van der Waals surface area contributed by atoms with Crippen LogP contribution in [0.2, 0.25) is 0 Å². The maximum Gasteiger partial charge on any atom is 0.389 e. The van der Waals surface area contributed by atoms with Gasteiger partial charge in [0, 0.05) is 26.1 Å². The Morgan fingerprint density at radius 1 is 1.35 bits per heavy atom. The van der Waals surface area contributed by atoms with Gasteiger partial charge in [-0.2, -0.15) is 13.2 Å². The van der Waals surface area contributed by atoms with E-state index in [1.54, 1.807) is 0 Å². The van der Waals surface area contributed by atoms with Crippen LogP contribution in [0.5, 0.6) is 0 Å². The average Bonchev–Trinajstić information content (AvgIpc) is 2.85. The molecule has 0 aliphatic carbocycles. The lowest BCUT2D eigenvalue weighted by Gasteiger charge is -2.19. The highest BCUT2D eigenvalue weighted by molar-refractivity contribution is 5.90. The quantitative estimate of drug-likeness (QED) is 0.754. The minimum atomic E-state index is -4.54. The first-order valence-corrected chi connectivity index (χ1v) is 7.47. The molecule has 1 aromatic heterocycles. The second-order valence-electron chi connectivity index (χ2n) is 5.74. The molecule has 2 N–H and O–H groups in total. The van der Waals surface area contributed by atoms with Crippen LogP contribution in [0.3, 0.4) is 0 Å². The molecule has 0 saturated carbocycles. The summed E-state index contributed by atoms with van der Waals surface area (Å²) in [5.74, 6) is -4.20. The summed E-state index contributed by atoms with van der Waals surface area (Å²) in [7, 11) is 1.29. The predicted molar refractivity (Wildman–Crippen MR) is 80.4 cm³/mol. The van der Waals surface area contributed by atoms with E-state index in [9.17, 15) is 31.5 Å². The molecule has 0 unspecified atom stereocenters. The van der Waals surface area contributed by atoms with E-state index in [4.69, 9.17) is 0 Å². The number of carbonyl (C=O) groups is 1. The van der Waals surface area contributed by atoms with Crippen LogP contribution in [0, 0.1) is 17.6 Å². The minimum Gasteiger partial charge on any atom is -0.349 e. The second kappa shape index (κ2) is 7.67. The minimum absolute atomic E-state index is 0.0962. The Hall–Kier alpha value is -2.72. The molecule has 6 nitrogen and oxygen atoms in total. The molecule has 1 heterocycles. The molecule has 0 aliphatic rings. The predicted octanol–water partition coefficient (Wildman–Crippen LogP) is 1.93. The van der Waals surface area contributed by atoms with Crippen LogP contribution < -0.4 is 11.0 Å². The van der Waals surface area contributed by atoms with Gasteiger partial charge >= 0.3 is 11.9 Å². The maximum atomic E-state index is 13.7. The van der Waals surface area contributed by atoms with Gasteiger partial charge in [-0.15, -0.1) is 5.10 Å². The Labute approximate surface area is 144 Å². The number of amides is 1. The molecule has 0 fully saturated rings. The van der Waals surface area contributed by atoms with Crippen molar-refractivity contribution in [3.8, 4) is 0 Å². The molecule has 2 rings (SSSR count). The second-order valence-corrected chi connectivity index (χ2v) is 5.74. The van der Waals surface area contributed by atoms with Gasteiger partial charge in [0.25, 0.3) is 5.91 Å².